The first-order valence-corrected chi connectivity index (χ1v) is 7.38. The molecular formula is C17H28N2. The van der Waals surface area contributed by atoms with Crippen LogP contribution in [0.25, 0.3) is 0 Å². The van der Waals surface area contributed by atoms with Gasteiger partial charge in [-0.15, -0.1) is 0 Å². The van der Waals surface area contributed by atoms with Crippen LogP contribution in [0.4, 0.5) is 5.69 Å². The zero-order chi connectivity index (χ0) is 14.0. The van der Waals surface area contributed by atoms with E-state index in [1.54, 1.807) is 0 Å². The summed E-state index contributed by atoms with van der Waals surface area (Å²) in [6.07, 6.45) is 2.73. The highest BCUT2D eigenvalue weighted by Gasteiger charge is 2.26. The summed E-state index contributed by atoms with van der Waals surface area (Å²) in [4.78, 5) is 2.38. The van der Waals surface area contributed by atoms with E-state index in [1.807, 2.05) is 0 Å². The lowest BCUT2D eigenvalue weighted by Crippen LogP contribution is -2.39. The van der Waals surface area contributed by atoms with Crippen molar-refractivity contribution in [3.63, 3.8) is 0 Å². The Balaban J connectivity index is 1.95. The van der Waals surface area contributed by atoms with Gasteiger partial charge in [-0.2, -0.15) is 0 Å². The highest BCUT2D eigenvalue weighted by atomic mass is 15.1. The van der Waals surface area contributed by atoms with E-state index in [-0.39, 0.29) is 0 Å². The molecule has 1 N–H and O–H groups in total. The van der Waals surface area contributed by atoms with Gasteiger partial charge in [0.05, 0.1) is 0 Å². The van der Waals surface area contributed by atoms with Crippen LogP contribution in [0, 0.1) is 19.3 Å². The van der Waals surface area contributed by atoms with Gasteiger partial charge in [-0.25, -0.2) is 0 Å². The highest BCUT2D eigenvalue weighted by molar-refractivity contribution is 5.50. The summed E-state index contributed by atoms with van der Waals surface area (Å²) >= 11 is 0. The lowest BCUT2D eigenvalue weighted by Gasteiger charge is -2.32. The van der Waals surface area contributed by atoms with Crippen LogP contribution in [-0.2, 0) is 0 Å². The molecule has 0 heterocycles. The number of hydrogen-bond donors (Lipinski definition) is 1. The Morgan fingerprint density at radius 1 is 1.16 bits per heavy atom. The van der Waals surface area contributed by atoms with Gasteiger partial charge in [0.25, 0.3) is 0 Å². The van der Waals surface area contributed by atoms with Crippen molar-refractivity contribution in [3.05, 3.63) is 29.3 Å². The summed E-state index contributed by atoms with van der Waals surface area (Å²) in [5.41, 5.74) is 4.32. The molecule has 0 amide bonds. The van der Waals surface area contributed by atoms with Crippen molar-refractivity contribution in [2.75, 3.05) is 25.0 Å². The van der Waals surface area contributed by atoms with E-state index in [9.17, 15) is 0 Å². The van der Waals surface area contributed by atoms with E-state index in [1.165, 1.54) is 29.7 Å². The van der Waals surface area contributed by atoms with Crippen LogP contribution >= 0.6 is 0 Å². The first-order valence-electron chi connectivity index (χ1n) is 7.38. The van der Waals surface area contributed by atoms with Crippen LogP contribution in [0.5, 0.6) is 0 Å². The topological polar surface area (TPSA) is 15.3 Å². The van der Waals surface area contributed by atoms with Crippen LogP contribution in [0.3, 0.4) is 0 Å². The fourth-order valence-corrected chi connectivity index (χ4v) is 2.67. The molecule has 2 heteroatoms. The molecule has 19 heavy (non-hydrogen) atoms. The maximum Gasteiger partial charge on any atom is 0.0369 e. The van der Waals surface area contributed by atoms with Gasteiger partial charge in [0, 0.05) is 31.9 Å². The molecule has 0 spiro atoms. The van der Waals surface area contributed by atoms with Crippen LogP contribution in [-0.4, -0.2) is 26.2 Å². The van der Waals surface area contributed by atoms with E-state index in [2.05, 4.69) is 63.2 Å². The van der Waals surface area contributed by atoms with E-state index in [0.717, 1.165) is 19.1 Å². The predicted molar refractivity (Wildman–Crippen MR) is 84.0 cm³/mol. The zero-order valence-electron chi connectivity index (χ0n) is 13.1. The first kappa shape index (κ1) is 14.4. The second-order valence-corrected chi connectivity index (χ2v) is 7.02. The summed E-state index contributed by atoms with van der Waals surface area (Å²) in [6, 6.07) is 7.58. The normalized spacial score (nSPS) is 15.6. The van der Waals surface area contributed by atoms with Crippen molar-refractivity contribution in [1.29, 1.82) is 0 Å². The third kappa shape index (κ3) is 4.54. The predicted octanol–water partition coefficient (Wildman–Crippen LogP) is 3.52. The molecule has 0 atom stereocenters. The minimum absolute atomic E-state index is 0.301. The number of anilines is 1. The van der Waals surface area contributed by atoms with E-state index < -0.39 is 0 Å². The Kier molecular flexibility index (Phi) is 4.19. The Hall–Kier alpha value is -1.02. The Bertz CT molecular complexity index is 413. The third-order valence-corrected chi connectivity index (χ3v) is 3.76. The molecule has 1 aliphatic carbocycles. The summed E-state index contributed by atoms with van der Waals surface area (Å²) in [5.74, 6) is 0. The molecule has 1 aromatic rings. The summed E-state index contributed by atoms with van der Waals surface area (Å²) in [5, 5.41) is 3.65. The van der Waals surface area contributed by atoms with Crippen molar-refractivity contribution in [3.8, 4) is 0 Å². The van der Waals surface area contributed by atoms with Gasteiger partial charge < -0.3 is 10.2 Å². The maximum absolute atomic E-state index is 3.65. The smallest absolute Gasteiger partial charge is 0.0369 e. The molecule has 1 aromatic carbocycles. The summed E-state index contributed by atoms with van der Waals surface area (Å²) in [6.45, 7) is 11.2. The molecule has 0 aromatic heterocycles. The Labute approximate surface area is 118 Å². The van der Waals surface area contributed by atoms with Gasteiger partial charge >= 0.3 is 0 Å². The second kappa shape index (κ2) is 5.54. The average Bonchev–Trinajstić information content (AvgIpc) is 3.08. The molecule has 106 valence electrons. The minimum atomic E-state index is 0.301. The van der Waals surface area contributed by atoms with Crippen molar-refractivity contribution in [2.45, 2.75) is 46.6 Å². The molecule has 0 unspecified atom stereocenters. The third-order valence-electron chi connectivity index (χ3n) is 3.76. The lowest BCUT2D eigenvalue weighted by atomic mass is 9.92. The van der Waals surface area contributed by atoms with Gasteiger partial charge in [-0.3, -0.25) is 0 Å². The first-order chi connectivity index (χ1) is 8.85. The van der Waals surface area contributed by atoms with Crippen molar-refractivity contribution in [1.82, 2.24) is 5.32 Å². The lowest BCUT2D eigenvalue weighted by molar-refractivity contribution is 0.345. The SMILES string of the molecule is Cc1cc(C)cc(N(C)CC(C)(C)CNC2CC2)c1. The van der Waals surface area contributed by atoms with E-state index in [0.29, 0.717) is 5.41 Å². The number of rotatable bonds is 6. The number of hydrogen-bond acceptors (Lipinski definition) is 2. The molecule has 1 fully saturated rings. The van der Waals surface area contributed by atoms with Crippen LogP contribution in [0.2, 0.25) is 0 Å². The van der Waals surface area contributed by atoms with Crippen molar-refractivity contribution >= 4 is 5.69 Å². The van der Waals surface area contributed by atoms with Crippen molar-refractivity contribution in [2.24, 2.45) is 5.41 Å². The van der Waals surface area contributed by atoms with Crippen LogP contribution < -0.4 is 10.2 Å². The number of nitrogens with zero attached hydrogens (tertiary/aromatic N) is 1. The van der Waals surface area contributed by atoms with Crippen molar-refractivity contribution < 1.29 is 0 Å². The maximum atomic E-state index is 3.65. The highest BCUT2D eigenvalue weighted by Crippen LogP contribution is 2.25. The second-order valence-electron chi connectivity index (χ2n) is 7.02. The fourth-order valence-electron chi connectivity index (χ4n) is 2.67. The Morgan fingerprint density at radius 2 is 1.74 bits per heavy atom. The monoisotopic (exact) mass is 260 g/mol. The number of aryl methyl sites for hydroxylation is 2. The molecule has 0 aliphatic heterocycles. The van der Waals surface area contributed by atoms with Gasteiger partial charge in [0.1, 0.15) is 0 Å². The molecule has 0 radical (unpaired) electrons. The van der Waals surface area contributed by atoms with Crippen LogP contribution in [0.15, 0.2) is 18.2 Å². The largest absolute Gasteiger partial charge is 0.374 e. The van der Waals surface area contributed by atoms with Gasteiger partial charge in [-0.05, 0) is 55.4 Å². The molecule has 2 rings (SSSR count). The van der Waals surface area contributed by atoms with Crippen LogP contribution in [0.1, 0.15) is 37.8 Å². The standard InChI is InChI=1S/C17H28N2/c1-13-8-14(2)10-16(9-13)19(5)12-17(3,4)11-18-15-6-7-15/h8-10,15,18H,6-7,11-12H2,1-5H3. The Morgan fingerprint density at radius 3 is 2.26 bits per heavy atom. The van der Waals surface area contributed by atoms with E-state index >= 15 is 0 Å². The molecule has 2 nitrogen and oxygen atoms in total. The average molecular weight is 260 g/mol. The number of nitrogens with one attached hydrogen (secondary N) is 1. The molecular weight excluding hydrogens is 232 g/mol. The fraction of sp³-hybridized carbons (Fsp3) is 0.647. The molecule has 0 bridgehead atoms. The van der Waals surface area contributed by atoms with Gasteiger partial charge in [0.2, 0.25) is 0 Å². The summed E-state index contributed by atoms with van der Waals surface area (Å²) < 4.78 is 0. The number of benzene rings is 1. The van der Waals surface area contributed by atoms with E-state index in [4.69, 9.17) is 0 Å². The minimum Gasteiger partial charge on any atom is -0.374 e. The van der Waals surface area contributed by atoms with Gasteiger partial charge in [0.15, 0.2) is 0 Å². The molecule has 1 aliphatic rings. The quantitative estimate of drug-likeness (QED) is 0.842. The molecule has 0 saturated heterocycles. The summed E-state index contributed by atoms with van der Waals surface area (Å²) in [7, 11) is 2.20. The molecule has 1 saturated carbocycles. The zero-order valence-corrected chi connectivity index (χ0v) is 13.1. The van der Waals surface area contributed by atoms with Gasteiger partial charge in [-0.1, -0.05) is 19.9 Å².